The van der Waals surface area contributed by atoms with Crippen LogP contribution in [0.25, 0.3) is 22.6 Å². The van der Waals surface area contributed by atoms with Crippen molar-refractivity contribution < 1.29 is 4.42 Å². The number of hydrogen-bond acceptors (Lipinski definition) is 5. The quantitative estimate of drug-likeness (QED) is 0.468. The van der Waals surface area contributed by atoms with Crippen LogP contribution in [0.4, 0.5) is 5.69 Å². The van der Waals surface area contributed by atoms with E-state index in [9.17, 15) is 0 Å². The number of anilines is 1. The van der Waals surface area contributed by atoms with Crippen LogP contribution in [0.1, 0.15) is 37.4 Å². The Hall–Kier alpha value is -2.86. The third-order valence-corrected chi connectivity index (χ3v) is 4.91. The standard InChI is InChI=1S/C20H20ClN5O/c1-3-4-13-5-7-16(11-17(13)21)22-12(2)14-6-8-18-15(9-14)10-19(27-18)20-23-25-26-24-20/h5-12,22H,3-4H2,1-2H3,(H,23,24,25,26). The molecule has 138 valence electrons. The van der Waals surface area contributed by atoms with Crippen molar-refractivity contribution in [3.8, 4) is 11.6 Å². The Morgan fingerprint density at radius 1 is 1.19 bits per heavy atom. The van der Waals surface area contributed by atoms with E-state index in [0.29, 0.717) is 11.6 Å². The molecule has 4 rings (SSSR count). The van der Waals surface area contributed by atoms with Gasteiger partial charge in [0, 0.05) is 22.1 Å². The molecule has 2 aromatic heterocycles. The molecule has 0 amide bonds. The fourth-order valence-electron chi connectivity index (χ4n) is 3.15. The van der Waals surface area contributed by atoms with Gasteiger partial charge in [0.2, 0.25) is 5.82 Å². The minimum Gasteiger partial charge on any atom is -0.453 e. The SMILES string of the molecule is CCCc1ccc(NC(C)c2ccc3oc(-c4nn[nH]n4)cc3c2)cc1Cl. The van der Waals surface area contributed by atoms with Crippen molar-refractivity contribution in [2.75, 3.05) is 5.32 Å². The first-order valence-electron chi connectivity index (χ1n) is 8.96. The molecule has 0 saturated carbocycles. The van der Waals surface area contributed by atoms with Gasteiger partial charge in [0.05, 0.1) is 0 Å². The molecule has 2 aromatic carbocycles. The number of aromatic nitrogens is 4. The molecule has 0 bridgehead atoms. The Bertz CT molecular complexity index is 1060. The van der Waals surface area contributed by atoms with Crippen LogP contribution >= 0.6 is 11.6 Å². The molecule has 1 unspecified atom stereocenters. The van der Waals surface area contributed by atoms with E-state index < -0.39 is 0 Å². The van der Waals surface area contributed by atoms with Crippen molar-refractivity contribution in [3.63, 3.8) is 0 Å². The van der Waals surface area contributed by atoms with Gasteiger partial charge < -0.3 is 9.73 Å². The van der Waals surface area contributed by atoms with Gasteiger partial charge in [-0.1, -0.05) is 37.1 Å². The van der Waals surface area contributed by atoms with E-state index >= 15 is 0 Å². The van der Waals surface area contributed by atoms with E-state index in [-0.39, 0.29) is 6.04 Å². The predicted molar refractivity (Wildman–Crippen MR) is 107 cm³/mol. The number of tetrazole rings is 1. The van der Waals surface area contributed by atoms with Crippen molar-refractivity contribution in [2.24, 2.45) is 0 Å². The summed E-state index contributed by atoms with van der Waals surface area (Å²) in [6.07, 6.45) is 2.08. The first-order valence-corrected chi connectivity index (χ1v) is 9.34. The molecule has 0 saturated heterocycles. The molecule has 0 radical (unpaired) electrons. The van der Waals surface area contributed by atoms with E-state index in [2.05, 4.69) is 64.1 Å². The van der Waals surface area contributed by atoms with Gasteiger partial charge in [0.1, 0.15) is 5.58 Å². The summed E-state index contributed by atoms with van der Waals surface area (Å²) in [5.41, 5.74) is 4.13. The maximum atomic E-state index is 6.40. The molecule has 0 aliphatic heterocycles. The maximum absolute atomic E-state index is 6.40. The summed E-state index contributed by atoms with van der Waals surface area (Å²) in [6.45, 7) is 4.27. The van der Waals surface area contributed by atoms with Crippen LogP contribution in [-0.4, -0.2) is 20.6 Å². The highest BCUT2D eigenvalue weighted by atomic mass is 35.5. The second kappa shape index (κ2) is 7.40. The zero-order chi connectivity index (χ0) is 18.8. The van der Waals surface area contributed by atoms with E-state index in [1.165, 1.54) is 5.56 Å². The molecule has 0 aliphatic carbocycles. The monoisotopic (exact) mass is 381 g/mol. The first kappa shape index (κ1) is 17.5. The number of aryl methyl sites for hydroxylation is 1. The Labute approximate surface area is 161 Å². The molecular weight excluding hydrogens is 362 g/mol. The highest BCUT2D eigenvalue weighted by molar-refractivity contribution is 6.31. The summed E-state index contributed by atoms with van der Waals surface area (Å²) in [5, 5.41) is 19.2. The van der Waals surface area contributed by atoms with Gasteiger partial charge in [-0.05, 0) is 60.0 Å². The van der Waals surface area contributed by atoms with Crippen LogP contribution in [-0.2, 0) is 6.42 Å². The van der Waals surface area contributed by atoms with Crippen molar-refractivity contribution in [1.29, 1.82) is 0 Å². The van der Waals surface area contributed by atoms with Crippen LogP contribution in [0, 0.1) is 0 Å². The van der Waals surface area contributed by atoms with E-state index in [1.807, 2.05) is 18.2 Å². The number of rotatable bonds is 6. The number of benzene rings is 2. The number of nitrogens with zero attached hydrogens (tertiary/aromatic N) is 3. The normalized spacial score (nSPS) is 12.4. The van der Waals surface area contributed by atoms with Crippen molar-refractivity contribution in [1.82, 2.24) is 20.6 Å². The molecule has 0 spiro atoms. The Kier molecular flexibility index (Phi) is 4.81. The van der Waals surface area contributed by atoms with Crippen molar-refractivity contribution in [2.45, 2.75) is 32.7 Å². The third kappa shape index (κ3) is 3.66. The Balaban J connectivity index is 1.55. The van der Waals surface area contributed by atoms with Crippen molar-refractivity contribution in [3.05, 3.63) is 58.6 Å². The summed E-state index contributed by atoms with van der Waals surface area (Å²) >= 11 is 6.40. The lowest BCUT2D eigenvalue weighted by molar-refractivity contribution is 0.625. The van der Waals surface area contributed by atoms with Crippen LogP contribution in [0.2, 0.25) is 5.02 Å². The number of aromatic amines is 1. The number of nitrogens with one attached hydrogen (secondary N) is 2. The molecule has 0 aliphatic rings. The largest absolute Gasteiger partial charge is 0.453 e. The Morgan fingerprint density at radius 2 is 2.07 bits per heavy atom. The fraction of sp³-hybridized carbons (Fsp3) is 0.250. The molecular formula is C20H20ClN5O. The number of H-pyrrole nitrogens is 1. The van der Waals surface area contributed by atoms with Crippen LogP contribution < -0.4 is 5.32 Å². The summed E-state index contributed by atoms with van der Waals surface area (Å²) in [4.78, 5) is 0. The summed E-state index contributed by atoms with van der Waals surface area (Å²) in [5.74, 6) is 1.04. The average molecular weight is 382 g/mol. The topological polar surface area (TPSA) is 79.6 Å². The van der Waals surface area contributed by atoms with Gasteiger partial charge in [0.15, 0.2) is 5.76 Å². The molecule has 27 heavy (non-hydrogen) atoms. The predicted octanol–water partition coefficient (Wildman–Crippen LogP) is 5.39. The maximum Gasteiger partial charge on any atom is 0.239 e. The van der Waals surface area contributed by atoms with Gasteiger partial charge in [-0.25, -0.2) is 0 Å². The molecule has 4 aromatic rings. The minimum atomic E-state index is 0.117. The summed E-state index contributed by atoms with van der Waals surface area (Å²) in [6, 6.07) is 14.3. The van der Waals surface area contributed by atoms with Crippen LogP contribution in [0.5, 0.6) is 0 Å². The highest BCUT2D eigenvalue weighted by Gasteiger charge is 2.13. The first-order chi connectivity index (χ1) is 13.1. The number of hydrogen-bond donors (Lipinski definition) is 2. The van der Waals surface area contributed by atoms with Crippen molar-refractivity contribution >= 4 is 28.3 Å². The van der Waals surface area contributed by atoms with Crippen LogP contribution in [0.15, 0.2) is 46.9 Å². The van der Waals surface area contributed by atoms with E-state index in [0.717, 1.165) is 40.1 Å². The second-order valence-electron chi connectivity index (χ2n) is 6.57. The van der Waals surface area contributed by atoms with E-state index in [1.54, 1.807) is 0 Å². The molecule has 0 fully saturated rings. The van der Waals surface area contributed by atoms with Gasteiger partial charge in [0.25, 0.3) is 0 Å². The lowest BCUT2D eigenvalue weighted by atomic mass is 10.1. The number of furan rings is 1. The molecule has 1 atom stereocenters. The molecule has 2 N–H and O–H groups in total. The van der Waals surface area contributed by atoms with Gasteiger partial charge in [-0.15, -0.1) is 10.2 Å². The lowest BCUT2D eigenvalue weighted by Gasteiger charge is -2.17. The van der Waals surface area contributed by atoms with E-state index in [4.69, 9.17) is 16.0 Å². The zero-order valence-corrected chi connectivity index (χ0v) is 15.9. The minimum absolute atomic E-state index is 0.117. The van der Waals surface area contributed by atoms with Gasteiger partial charge in [-0.2, -0.15) is 5.21 Å². The summed E-state index contributed by atoms with van der Waals surface area (Å²) in [7, 11) is 0. The molecule has 7 heteroatoms. The highest BCUT2D eigenvalue weighted by Crippen LogP contribution is 2.30. The third-order valence-electron chi connectivity index (χ3n) is 4.56. The van der Waals surface area contributed by atoms with Crippen LogP contribution in [0.3, 0.4) is 0 Å². The molecule has 6 nitrogen and oxygen atoms in total. The molecule has 2 heterocycles. The van der Waals surface area contributed by atoms with Gasteiger partial charge in [-0.3, -0.25) is 0 Å². The average Bonchev–Trinajstić information content (AvgIpc) is 3.32. The number of halogens is 1. The summed E-state index contributed by atoms with van der Waals surface area (Å²) < 4.78 is 5.79. The lowest BCUT2D eigenvalue weighted by Crippen LogP contribution is -2.06. The van der Waals surface area contributed by atoms with Gasteiger partial charge >= 0.3 is 0 Å². The second-order valence-corrected chi connectivity index (χ2v) is 6.97. The zero-order valence-electron chi connectivity index (χ0n) is 15.2. The Morgan fingerprint density at radius 3 is 2.81 bits per heavy atom. The fourth-order valence-corrected chi connectivity index (χ4v) is 3.43. The number of fused-ring (bicyclic) bond motifs is 1. The smallest absolute Gasteiger partial charge is 0.239 e.